The number of fused-ring (bicyclic) bond motifs is 2. The van der Waals surface area contributed by atoms with Crippen LogP contribution in [0, 0.1) is 11.3 Å². The summed E-state index contributed by atoms with van der Waals surface area (Å²) in [7, 11) is -3.57. The van der Waals surface area contributed by atoms with Crippen LogP contribution in [0.3, 0.4) is 0 Å². The van der Waals surface area contributed by atoms with Gasteiger partial charge in [0.2, 0.25) is 10.0 Å². The molecular weight excluding hydrogens is 633 g/mol. The van der Waals surface area contributed by atoms with Crippen molar-refractivity contribution >= 4 is 37.3 Å². The minimum Gasteiger partial charge on any atom is -0.489 e. The standard InChI is InChI=1S/C35H42N6O4S2/c1-33(2,3)23-15-30(42)40(38-19-23)21-25-16-28-32(46-25)26(9-10-37-28)27-13-22(18-36)14-29-31(27)39(11-12-45-29)24-17-35(7,8)41(20-24)47(43,44)34(4,5)6/h9-10,13-16,19,24H,11-12,17,20-21H2,1-8H3. The summed E-state index contributed by atoms with van der Waals surface area (Å²) >= 11 is 1.54. The summed E-state index contributed by atoms with van der Waals surface area (Å²) < 4.78 is 36.7. The maximum atomic E-state index is 13.7. The number of benzene rings is 1. The van der Waals surface area contributed by atoms with Gasteiger partial charge in [0.15, 0.2) is 0 Å². The normalized spacial score (nSPS) is 18.6. The first-order valence-corrected chi connectivity index (χ1v) is 18.1. The number of anilines is 1. The van der Waals surface area contributed by atoms with Crippen molar-refractivity contribution in [1.82, 2.24) is 19.1 Å². The largest absolute Gasteiger partial charge is 0.489 e. The summed E-state index contributed by atoms with van der Waals surface area (Å²) in [6.45, 7) is 17.1. The number of rotatable bonds is 5. The number of ether oxygens (including phenoxy) is 1. The van der Waals surface area contributed by atoms with Crippen molar-refractivity contribution in [1.29, 1.82) is 5.26 Å². The molecule has 0 aliphatic carbocycles. The van der Waals surface area contributed by atoms with E-state index in [0.717, 1.165) is 37.5 Å². The summed E-state index contributed by atoms with van der Waals surface area (Å²) in [6, 6.07) is 11.4. The number of nitriles is 1. The Kier molecular flexibility index (Phi) is 8.05. The molecule has 1 aromatic carbocycles. The van der Waals surface area contributed by atoms with Gasteiger partial charge in [-0.05, 0) is 70.2 Å². The molecule has 0 amide bonds. The van der Waals surface area contributed by atoms with Crippen molar-refractivity contribution in [3.63, 3.8) is 0 Å². The van der Waals surface area contributed by atoms with Gasteiger partial charge in [-0.2, -0.15) is 14.7 Å². The molecule has 6 rings (SSSR count). The molecular formula is C35H42N6O4S2. The van der Waals surface area contributed by atoms with Crippen LogP contribution in [0.15, 0.2) is 47.5 Å². The predicted molar refractivity (Wildman–Crippen MR) is 187 cm³/mol. The molecule has 10 nitrogen and oxygen atoms in total. The summed E-state index contributed by atoms with van der Waals surface area (Å²) in [6.07, 6.45) is 4.16. The monoisotopic (exact) mass is 674 g/mol. The predicted octanol–water partition coefficient (Wildman–Crippen LogP) is 5.92. The first-order chi connectivity index (χ1) is 21.9. The van der Waals surface area contributed by atoms with E-state index in [2.05, 4.69) is 41.8 Å². The average Bonchev–Trinajstić information content (AvgIpc) is 3.55. The summed E-state index contributed by atoms with van der Waals surface area (Å²) in [5.41, 5.74) is 3.81. The van der Waals surface area contributed by atoms with E-state index in [9.17, 15) is 18.5 Å². The van der Waals surface area contributed by atoms with Gasteiger partial charge in [0.25, 0.3) is 5.56 Å². The third-order valence-corrected chi connectivity index (χ3v) is 13.1. The van der Waals surface area contributed by atoms with E-state index < -0.39 is 20.3 Å². The van der Waals surface area contributed by atoms with Gasteiger partial charge in [-0.1, -0.05) is 20.8 Å². The van der Waals surface area contributed by atoms with Crippen LogP contribution < -0.4 is 15.2 Å². The minimum absolute atomic E-state index is 0.0956. The molecule has 0 saturated carbocycles. The topological polar surface area (TPSA) is 121 Å². The summed E-state index contributed by atoms with van der Waals surface area (Å²) in [5.74, 6) is 0.608. The smallest absolute Gasteiger partial charge is 0.267 e. The van der Waals surface area contributed by atoms with Crippen molar-refractivity contribution in [3.8, 4) is 22.9 Å². The third-order valence-electron chi connectivity index (χ3n) is 9.17. The molecule has 248 valence electrons. The number of hydrogen-bond acceptors (Lipinski definition) is 9. The van der Waals surface area contributed by atoms with Gasteiger partial charge in [-0.25, -0.2) is 13.1 Å². The second-order valence-electron chi connectivity index (χ2n) is 15.1. The molecule has 2 aliphatic heterocycles. The van der Waals surface area contributed by atoms with Crippen LogP contribution in [-0.4, -0.2) is 63.5 Å². The maximum absolute atomic E-state index is 13.7. The van der Waals surface area contributed by atoms with Gasteiger partial charge in [0, 0.05) is 52.5 Å². The number of aromatic nitrogens is 3. The Bertz CT molecular complexity index is 2080. The van der Waals surface area contributed by atoms with Gasteiger partial charge in [0.1, 0.15) is 12.4 Å². The van der Waals surface area contributed by atoms with E-state index in [4.69, 9.17) is 4.74 Å². The molecule has 0 radical (unpaired) electrons. The van der Waals surface area contributed by atoms with E-state index in [-0.39, 0.29) is 17.0 Å². The van der Waals surface area contributed by atoms with E-state index in [1.54, 1.807) is 60.9 Å². The molecule has 1 atom stereocenters. The Morgan fingerprint density at radius 3 is 2.51 bits per heavy atom. The molecule has 0 bridgehead atoms. The molecule has 5 heterocycles. The number of nitrogens with zero attached hydrogens (tertiary/aromatic N) is 6. The van der Waals surface area contributed by atoms with Crippen LogP contribution in [0.1, 0.15) is 77.8 Å². The number of thiophene rings is 1. The number of hydrogen-bond donors (Lipinski definition) is 0. The fourth-order valence-corrected chi connectivity index (χ4v) is 9.43. The van der Waals surface area contributed by atoms with Crippen LogP contribution in [0.2, 0.25) is 0 Å². The zero-order valence-electron chi connectivity index (χ0n) is 28.3. The highest BCUT2D eigenvalue weighted by Crippen LogP contribution is 2.48. The third kappa shape index (κ3) is 5.94. The molecule has 4 aromatic rings. The molecule has 1 saturated heterocycles. The Morgan fingerprint density at radius 2 is 1.85 bits per heavy atom. The Balaban J connectivity index is 1.43. The van der Waals surface area contributed by atoms with Crippen LogP contribution >= 0.6 is 11.3 Å². The minimum atomic E-state index is -3.57. The van der Waals surface area contributed by atoms with Gasteiger partial charge < -0.3 is 9.64 Å². The Hall–Kier alpha value is -3.79. The zero-order chi connectivity index (χ0) is 34.1. The fourth-order valence-electron chi connectivity index (χ4n) is 6.55. The van der Waals surface area contributed by atoms with E-state index in [0.29, 0.717) is 44.0 Å². The van der Waals surface area contributed by atoms with Crippen molar-refractivity contribution in [2.45, 2.75) is 90.1 Å². The fraction of sp³-hybridized carbons (Fsp3) is 0.486. The molecule has 0 N–H and O–H groups in total. The van der Waals surface area contributed by atoms with Crippen LogP contribution in [0.4, 0.5) is 5.69 Å². The molecule has 3 aromatic heterocycles. The maximum Gasteiger partial charge on any atom is 0.267 e. The Labute approximate surface area is 280 Å². The molecule has 1 unspecified atom stereocenters. The SMILES string of the molecule is CC(C)(C)c1cnn(Cc2cc3nccc(-c4cc(C#N)cc5c4N(C4CN(S(=O)(=O)C(C)(C)C)C(C)(C)C4)CCO5)c3s2)c(=O)c1. The second kappa shape index (κ2) is 11.4. The van der Waals surface area contributed by atoms with Gasteiger partial charge >= 0.3 is 0 Å². The van der Waals surface area contributed by atoms with Crippen molar-refractivity contribution < 1.29 is 13.2 Å². The second-order valence-corrected chi connectivity index (χ2v) is 18.9. The highest BCUT2D eigenvalue weighted by atomic mass is 32.2. The molecule has 1 fully saturated rings. The highest BCUT2D eigenvalue weighted by Gasteiger charge is 2.51. The van der Waals surface area contributed by atoms with E-state index in [1.807, 2.05) is 32.0 Å². The van der Waals surface area contributed by atoms with Crippen molar-refractivity contribution in [2.75, 3.05) is 24.6 Å². The first kappa shape index (κ1) is 33.1. The molecule has 0 spiro atoms. The van der Waals surface area contributed by atoms with Gasteiger partial charge in [0.05, 0.1) is 51.6 Å². The molecule has 47 heavy (non-hydrogen) atoms. The summed E-state index contributed by atoms with van der Waals surface area (Å²) in [5, 5.41) is 14.5. The van der Waals surface area contributed by atoms with Gasteiger partial charge in [-0.15, -0.1) is 11.3 Å². The zero-order valence-corrected chi connectivity index (χ0v) is 29.9. The van der Waals surface area contributed by atoms with Crippen LogP contribution in [0.25, 0.3) is 21.3 Å². The van der Waals surface area contributed by atoms with Crippen LogP contribution in [-0.2, 0) is 22.0 Å². The lowest BCUT2D eigenvalue weighted by Crippen LogP contribution is -2.50. The van der Waals surface area contributed by atoms with E-state index in [1.165, 1.54) is 4.68 Å². The lowest BCUT2D eigenvalue weighted by Gasteiger charge is -2.38. The van der Waals surface area contributed by atoms with E-state index >= 15 is 0 Å². The lowest BCUT2D eigenvalue weighted by molar-refractivity contribution is 0.284. The number of pyridine rings is 1. The average molecular weight is 675 g/mol. The van der Waals surface area contributed by atoms with Crippen molar-refractivity contribution in [3.05, 3.63) is 69.1 Å². The first-order valence-electron chi connectivity index (χ1n) is 15.9. The highest BCUT2D eigenvalue weighted by molar-refractivity contribution is 7.90. The lowest BCUT2D eigenvalue weighted by atomic mass is 9.89. The quantitative estimate of drug-likeness (QED) is 0.256. The Morgan fingerprint density at radius 1 is 1.11 bits per heavy atom. The summed E-state index contributed by atoms with van der Waals surface area (Å²) in [4.78, 5) is 20.8. The number of sulfonamides is 1. The van der Waals surface area contributed by atoms with Crippen LogP contribution in [0.5, 0.6) is 5.75 Å². The van der Waals surface area contributed by atoms with Crippen molar-refractivity contribution in [2.24, 2.45) is 0 Å². The van der Waals surface area contributed by atoms with Gasteiger partial charge in [-0.3, -0.25) is 9.78 Å². The molecule has 2 aliphatic rings. The molecule has 12 heteroatoms.